The Kier molecular flexibility index (Phi) is 4.18. The lowest BCUT2D eigenvalue weighted by Gasteiger charge is -2.12. The third-order valence-electron chi connectivity index (χ3n) is 2.48. The Balaban J connectivity index is 2.89. The van der Waals surface area contributed by atoms with Crippen LogP contribution in [0.3, 0.4) is 0 Å². The minimum atomic E-state index is 0.452. The summed E-state index contributed by atoms with van der Waals surface area (Å²) in [4.78, 5) is 0. The smallest absolute Gasteiger partial charge is 0.00576 e. The molecule has 74 valence electrons. The second-order valence-electron chi connectivity index (χ2n) is 3.45. The molecule has 0 aliphatic heterocycles. The van der Waals surface area contributed by atoms with E-state index in [9.17, 15) is 0 Å². The summed E-state index contributed by atoms with van der Waals surface area (Å²) in [6.07, 6.45) is 5.27. The van der Waals surface area contributed by atoms with Gasteiger partial charge in [-0.1, -0.05) is 62.9 Å². The molecule has 0 aromatic heterocycles. The van der Waals surface area contributed by atoms with E-state index in [-0.39, 0.29) is 0 Å². The molecule has 0 nitrogen and oxygen atoms in total. The molecule has 0 spiro atoms. The van der Waals surface area contributed by atoms with Crippen LogP contribution in [-0.4, -0.2) is 0 Å². The fourth-order valence-corrected chi connectivity index (χ4v) is 1.61. The molecule has 1 atom stereocenters. The van der Waals surface area contributed by atoms with Gasteiger partial charge in [-0.25, -0.2) is 0 Å². The molecule has 0 heteroatoms. The van der Waals surface area contributed by atoms with Gasteiger partial charge in [0.25, 0.3) is 0 Å². The molecule has 0 N–H and O–H groups in total. The van der Waals surface area contributed by atoms with Crippen molar-refractivity contribution in [3.8, 4) is 0 Å². The highest BCUT2D eigenvalue weighted by Gasteiger charge is 2.06. The van der Waals surface area contributed by atoms with Crippen molar-refractivity contribution in [3.63, 3.8) is 0 Å². The number of hydrogen-bond donors (Lipinski definition) is 0. The molecular formula is C14H18. The van der Waals surface area contributed by atoms with Gasteiger partial charge in [0.15, 0.2) is 0 Å². The Morgan fingerprint density at radius 2 is 2.00 bits per heavy atom. The van der Waals surface area contributed by atoms with Gasteiger partial charge in [0.1, 0.15) is 0 Å². The highest BCUT2D eigenvalue weighted by molar-refractivity contribution is 5.33. The van der Waals surface area contributed by atoms with Crippen LogP contribution in [0.4, 0.5) is 0 Å². The summed E-state index contributed by atoms with van der Waals surface area (Å²) in [5.41, 5.74) is 2.67. The number of benzene rings is 1. The largest absolute Gasteiger partial charge is 0.0988 e. The monoisotopic (exact) mass is 186 g/mol. The summed E-state index contributed by atoms with van der Waals surface area (Å²) in [6.45, 7) is 8.23. The van der Waals surface area contributed by atoms with Crippen LogP contribution in [0.1, 0.15) is 31.7 Å². The van der Waals surface area contributed by atoms with Crippen LogP contribution in [0.25, 0.3) is 0 Å². The lowest BCUT2D eigenvalue weighted by Crippen LogP contribution is -1.95. The van der Waals surface area contributed by atoms with Crippen molar-refractivity contribution in [3.05, 3.63) is 60.2 Å². The first-order valence-electron chi connectivity index (χ1n) is 5.17. The van der Waals surface area contributed by atoms with Crippen LogP contribution in [0, 0.1) is 0 Å². The molecule has 14 heavy (non-hydrogen) atoms. The number of allylic oxidation sites excluding steroid dienone is 3. The normalized spacial score (nSPS) is 13.7. The van der Waals surface area contributed by atoms with Gasteiger partial charge in [-0.05, 0) is 17.6 Å². The number of rotatable bonds is 4. The maximum atomic E-state index is 3.86. The minimum Gasteiger partial charge on any atom is -0.0988 e. The van der Waals surface area contributed by atoms with E-state index in [0.29, 0.717) is 5.92 Å². The van der Waals surface area contributed by atoms with E-state index in [2.05, 4.69) is 50.8 Å². The van der Waals surface area contributed by atoms with Crippen LogP contribution in [0.15, 0.2) is 54.6 Å². The Morgan fingerprint density at radius 1 is 1.36 bits per heavy atom. The third-order valence-corrected chi connectivity index (χ3v) is 2.48. The first-order chi connectivity index (χ1) is 6.79. The first-order valence-corrected chi connectivity index (χ1v) is 5.17. The van der Waals surface area contributed by atoms with Gasteiger partial charge in [0.2, 0.25) is 0 Å². The molecular weight excluding hydrogens is 168 g/mol. The van der Waals surface area contributed by atoms with Gasteiger partial charge < -0.3 is 0 Å². The molecule has 1 aromatic rings. The quantitative estimate of drug-likeness (QED) is 0.614. The zero-order chi connectivity index (χ0) is 10.4. The first kappa shape index (κ1) is 10.8. The van der Waals surface area contributed by atoms with E-state index in [1.54, 1.807) is 0 Å². The molecule has 0 bridgehead atoms. The highest BCUT2D eigenvalue weighted by atomic mass is 14.1. The lowest BCUT2D eigenvalue weighted by atomic mass is 9.92. The molecule has 1 unspecified atom stereocenters. The number of hydrogen-bond acceptors (Lipinski definition) is 0. The van der Waals surface area contributed by atoms with Gasteiger partial charge in [-0.2, -0.15) is 0 Å². The molecule has 0 aliphatic carbocycles. The van der Waals surface area contributed by atoms with Gasteiger partial charge in [-0.15, -0.1) is 0 Å². The van der Waals surface area contributed by atoms with Crippen LogP contribution in [0.5, 0.6) is 0 Å². The molecule has 0 radical (unpaired) electrons. The van der Waals surface area contributed by atoms with Crippen LogP contribution in [0.2, 0.25) is 0 Å². The van der Waals surface area contributed by atoms with Crippen LogP contribution < -0.4 is 0 Å². The Hall–Kier alpha value is -1.30. The summed E-state index contributed by atoms with van der Waals surface area (Å²) in [7, 11) is 0. The summed E-state index contributed by atoms with van der Waals surface area (Å²) in [5, 5.41) is 0. The summed E-state index contributed by atoms with van der Waals surface area (Å²) >= 11 is 0. The maximum absolute atomic E-state index is 3.86. The highest BCUT2D eigenvalue weighted by Crippen LogP contribution is 2.24. The fourth-order valence-electron chi connectivity index (χ4n) is 1.61. The van der Waals surface area contributed by atoms with Gasteiger partial charge >= 0.3 is 0 Å². The second kappa shape index (κ2) is 5.43. The summed E-state index contributed by atoms with van der Waals surface area (Å²) in [5.74, 6) is 0.452. The van der Waals surface area contributed by atoms with Crippen molar-refractivity contribution in [1.29, 1.82) is 0 Å². The molecule has 0 fully saturated rings. The molecule has 0 saturated carbocycles. The van der Waals surface area contributed by atoms with Gasteiger partial charge in [0, 0.05) is 5.92 Å². The maximum Gasteiger partial charge on any atom is 0.00576 e. The van der Waals surface area contributed by atoms with E-state index in [0.717, 1.165) is 6.42 Å². The van der Waals surface area contributed by atoms with Crippen molar-refractivity contribution in [2.45, 2.75) is 26.2 Å². The zero-order valence-electron chi connectivity index (χ0n) is 9.03. The summed E-state index contributed by atoms with van der Waals surface area (Å²) < 4.78 is 0. The van der Waals surface area contributed by atoms with Crippen molar-refractivity contribution >= 4 is 0 Å². The van der Waals surface area contributed by atoms with Crippen LogP contribution >= 0.6 is 0 Å². The molecule has 1 aromatic carbocycles. The average molecular weight is 186 g/mol. The Bertz CT molecular complexity index is 306. The Labute approximate surface area is 87.0 Å². The van der Waals surface area contributed by atoms with E-state index in [1.165, 1.54) is 11.1 Å². The topological polar surface area (TPSA) is 0 Å². The van der Waals surface area contributed by atoms with E-state index < -0.39 is 0 Å². The van der Waals surface area contributed by atoms with Crippen molar-refractivity contribution in [2.24, 2.45) is 0 Å². The third kappa shape index (κ3) is 2.59. The SMILES string of the molecule is C=C/C(=C\CC)C(C)c1ccccc1. The Morgan fingerprint density at radius 3 is 2.50 bits per heavy atom. The second-order valence-corrected chi connectivity index (χ2v) is 3.45. The van der Waals surface area contributed by atoms with E-state index >= 15 is 0 Å². The molecule has 0 aliphatic rings. The minimum absolute atomic E-state index is 0.452. The predicted octanol–water partition coefficient (Wildman–Crippen LogP) is 4.31. The average Bonchev–Trinajstić information content (AvgIpc) is 2.26. The lowest BCUT2D eigenvalue weighted by molar-refractivity contribution is 0.911. The van der Waals surface area contributed by atoms with E-state index in [1.807, 2.05) is 12.1 Å². The molecule has 0 heterocycles. The fraction of sp³-hybridized carbons (Fsp3) is 0.286. The van der Waals surface area contributed by atoms with E-state index in [4.69, 9.17) is 0 Å². The predicted molar refractivity (Wildman–Crippen MR) is 63.4 cm³/mol. The molecule has 0 amide bonds. The molecule has 1 rings (SSSR count). The van der Waals surface area contributed by atoms with Gasteiger partial charge in [-0.3, -0.25) is 0 Å². The van der Waals surface area contributed by atoms with Crippen molar-refractivity contribution < 1.29 is 0 Å². The van der Waals surface area contributed by atoms with Crippen LogP contribution in [-0.2, 0) is 0 Å². The summed E-state index contributed by atoms with van der Waals surface area (Å²) in [6, 6.07) is 10.5. The molecule has 0 saturated heterocycles. The van der Waals surface area contributed by atoms with Crippen molar-refractivity contribution in [1.82, 2.24) is 0 Å². The van der Waals surface area contributed by atoms with Crippen molar-refractivity contribution in [2.75, 3.05) is 0 Å². The standard InChI is InChI=1S/C14H18/c1-4-9-13(5-2)12(3)14-10-7-6-8-11-14/h5-12H,2,4H2,1,3H3/b13-9+. The van der Waals surface area contributed by atoms with Gasteiger partial charge in [0.05, 0.1) is 0 Å². The zero-order valence-corrected chi connectivity index (χ0v) is 9.03.